The summed E-state index contributed by atoms with van der Waals surface area (Å²) in [4.78, 5) is 0. The summed E-state index contributed by atoms with van der Waals surface area (Å²) in [7, 11) is 0. The van der Waals surface area contributed by atoms with Crippen LogP contribution in [0.1, 0.15) is 102 Å². The lowest BCUT2D eigenvalue weighted by molar-refractivity contribution is -0.305. The number of ether oxygens (including phenoxy) is 2. The van der Waals surface area contributed by atoms with Crippen LogP contribution in [0.2, 0.25) is 0 Å². The normalized spacial score (nSPS) is 31.5. The van der Waals surface area contributed by atoms with Gasteiger partial charge < -0.3 is 29.9 Å². The van der Waals surface area contributed by atoms with Crippen molar-refractivity contribution in [1.29, 1.82) is 0 Å². The summed E-state index contributed by atoms with van der Waals surface area (Å²) in [6.07, 6.45) is 26.9. The highest BCUT2D eigenvalue weighted by Gasteiger charge is 2.44. The molecule has 7 atom stereocenters. The lowest BCUT2D eigenvalue weighted by atomic mass is 9.71. The Morgan fingerprint density at radius 3 is 1.54 bits per heavy atom. The average molecular weight is 715 g/mol. The number of hydrogen-bond donors (Lipinski definition) is 4. The van der Waals surface area contributed by atoms with E-state index < -0.39 is 30.7 Å². The highest BCUT2D eigenvalue weighted by Crippen LogP contribution is 2.43. The second-order valence-corrected chi connectivity index (χ2v) is 16.5. The van der Waals surface area contributed by atoms with E-state index in [2.05, 4.69) is 154 Å². The summed E-state index contributed by atoms with van der Waals surface area (Å²) in [6, 6.07) is 0. The van der Waals surface area contributed by atoms with Crippen LogP contribution in [-0.4, -0.2) is 63.3 Å². The molecule has 6 heteroatoms. The van der Waals surface area contributed by atoms with Crippen LogP contribution >= 0.6 is 0 Å². The van der Waals surface area contributed by atoms with Crippen molar-refractivity contribution in [3.05, 3.63) is 130 Å². The second-order valence-electron chi connectivity index (χ2n) is 16.5. The molecule has 0 spiro atoms. The first-order chi connectivity index (χ1) is 24.3. The van der Waals surface area contributed by atoms with Gasteiger partial charge in [0.2, 0.25) is 0 Å². The van der Waals surface area contributed by atoms with Crippen molar-refractivity contribution in [3.63, 3.8) is 0 Å². The summed E-state index contributed by atoms with van der Waals surface area (Å²) < 4.78 is 11.8. The van der Waals surface area contributed by atoms with Crippen LogP contribution in [0.4, 0.5) is 0 Å². The number of aliphatic hydroxyl groups excluding tert-OH is 4. The zero-order chi connectivity index (χ0) is 38.8. The SMILES string of the molecule is CC1=C(/C=C/C(C)=C/C=C/C(C)=C/C=C/C=C(C)/C=C/C=C(C)/C=C/C2=C(C)C[C@@H](O[C@@H]3O[C@@H](C)[C@H](O)[C@@H](O)[C@@H]3O)CC2(C)C)C(C)(C)C[C@H](O)C1. The third-order valence-corrected chi connectivity index (χ3v) is 10.4. The highest BCUT2D eigenvalue weighted by atomic mass is 16.7. The Labute approximate surface area is 314 Å². The minimum absolute atomic E-state index is 0.0120. The summed E-state index contributed by atoms with van der Waals surface area (Å²) in [5, 5.41) is 40.7. The third-order valence-electron chi connectivity index (χ3n) is 10.4. The van der Waals surface area contributed by atoms with E-state index in [1.165, 1.54) is 33.4 Å². The van der Waals surface area contributed by atoms with Gasteiger partial charge in [0, 0.05) is 0 Å². The van der Waals surface area contributed by atoms with Gasteiger partial charge >= 0.3 is 0 Å². The molecule has 52 heavy (non-hydrogen) atoms. The predicted octanol–water partition coefficient (Wildman–Crippen LogP) is 9.40. The molecule has 0 amide bonds. The predicted molar refractivity (Wildman–Crippen MR) is 215 cm³/mol. The number of hydrogen-bond acceptors (Lipinski definition) is 6. The number of aliphatic hydroxyl groups is 4. The van der Waals surface area contributed by atoms with Crippen LogP contribution in [-0.2, 0) is 9.47 Å². The fourth-order valence-corrected chi connectivity index (χ4v) is 7.51. The van der Waals surface area contributed by atoms with Crippen molar-refractivity contribution in [2.75, 3.05) is 0 Å². The fraction of sp³-hybridized carbons (Fsp3) is 0.522. The van der Waals surface area contributed by atoms with Gasteiger partial charge in [-0.05, 0) is 96.1 Å². The van der Waals surface area contributed by atoms with Gasteiger partial charge in [-0.1, -0.05) is 146 Å². The Hall–Kier alpha value is -3.10. The summed E-state index contributed by atoms with van der Waals surface area (Å²) in [6.45, 7) is 23.1. The van der Waals surface area contributed by atoms with E-state index in [0.29, 0.717) is 6.42 Å². The van der Waals surface area contributed by atoms with E-state index in [1.807, 2.05) is 0 Å². The number of rotatable bonds is 12. The standard InChI is InChI=1S/C46H66O6/c1-30(18-14-20-32(3)22-24-39-34(5)26-37(47)28-45(39,8)9)16-12-13-17-31(2)19-15-21-33(4)23-25-40-35(6)27-38(29-46(40,10)11)52-44-43(50)42(49)41(48)36(7)51-44/h12-25,36-38,41-44,47-50H,26-29H2,1-11H3/b13-12+,18-14+,19-15+,24-22+,25-23+,30-16+,31-17+,32-20+,33-21+/t36-,37+,38+,41-,42+,43-,44-/m0/s1. The maximum atomic E-state index is 10.4. The molecule has 0 aromatic rings. The van der Waals surface area contributed by atoms with Crippen LogP contribution in [0, 0.1) is 10.8 Å². The van der Waals surface area contributed by atoms with Crippen molar-refractivity contribution < 1.29 is 29.9 Å². The van der Waals surface area contributed by atoms with Gasteiger partial charge in [0.25, 0.3) is 0 Å². The third kappa shape index (κ3) is 12.8. The fourth-order valence-electron chi connectivity index (χ4n) is 7.51. The molecule has 1 heterocycles. The van der Waals surface area contributed by atoms with Gasteiger partial charge in [0.1, 0.15) is 18.3 Å². The molecule has 0 aromatic carbocycles. The smallest absolute Gasteiger partial charge is 0.186 e. The topological polar surface area (TPSA) is 99.4 Å². The molecule has 0 bridgehead atoms. The van der Waals surface area contributed by atoms with Crippen molar-refractivity contribution >= 4 is 0 Å². The molecule has 1 fully saturated rings. The Morgan fingerprint density at radius 2 is 1.06 bits per heavy atom. The van der Waals surface area contributed by atoms with Crippen molar-refractivity contribution in [2.24, 2.45) is 10.8 Å². The van der Waals surface area contributed by atoms with Gasteiger partial charge in [-0.25, -0.2) is 0 Å². The van der Waals surface area contributed by atoms with Crippen LogP contribution in [0.5, 0.6) is 0 Å². The highest BCUT2D eigenvalue weighted by molar-refractivity contribution is 5.39. The second kappa shape index (κ2) is 19.3. The molecular weight excluding hydrogens is 649 g/mol. The summed E-state index contributed by atoms with van der Waals surface area (Å²) >= 11 is 0. The first-order valence-electron chi connectivity index (χ1n) is 18.8. The minimum atomic E-state index is -1.30. The minimum Gasteiger partial charge on any atom is -0.393 e. The quantitative estimate of drug-likeness (QED) is 0.150. The molecule has 0 radical (unpaired) electrons. The monoisotopic (exact) mass is 714 g/mol. The molecule has 0 aromatic heterocycles. The van der Waals surface area contributed by atoms with Crippen LogP contribution in [0.25, 0.3) is 0 Å². The molecule has 1 aliphatic heterocycles. The maximum Gasteiger partial charge on any atom is 0.186 e. The largest absolute Gasteiger partial charge is 0.393 e. The van der Waals surface area contributed by atoms with Gasteiger partial charge in [-0.3, -0.25) is 0 Å². The van der Waals surface area contributed by atoms with Crippen LogP contribution < -0.4 is 0 Å². The van der Waals surface area contributed by atoms with E-state index >= 15 is 0 Å². The summed E-state index contributed by atoms with van der Waals surface area (Å²) in [5.74, 6) is 0. The first kappa shape index (κ1) is 43.3. The van der Waals surface area contributed by atoms with E-state index in [1.54, 1.807) is 6.92 Å². The molecule has 2 aliphatic carbocycles. The average Bonchev–Trinajstić information content (AvgIpc) is 3.03. The Kier molecular flexibility index (Phi) is 16.1. The molecule has 3 aliphatic rings. The first-order valence-corrected chi connectivity index (χ1v) is 18.8. The molecule has 6 nitrogen and oxygen atoms in total. The molecule has 1 saturated heterocycles. The van der Waals surface area contributed by atoms with Crippen LogP contribution in [0.3, 0.4) is 0 Å². The Balaban J connectivity index is 1.51. The van der Waals surface area contributed by atoms with E-state index in [4.69, 9.17) is 9.47 Å². The molecule has 0 unspecified atom stereocenters. The Bertz CT molecular complexity index is 1580. The summed E-state index contributed by atoms with van der Waals surface area (Å²) in [5.41, 5.74) is 9.59. The lowest BCUT2D eigenvalue weighted by Gasteiger charge is -2.43. The van der Waals surface area contributed by atoms with Gasteiger partial charge in [0.05, 0.1) is 18.3 Å². The molecule has 286 valence electrons. The van der Waals surface area contributed by atoms with E-state index in [-0.39, 0.29) is 23.0 Å². The van der Waals surface area contributed by atoms with Gasteiger partial charge in [-0.2, -0.15) is 0 Å². The zero-order valence-corrected chi connectivity index (χ0v) is 33.6. The molecule has 3 rings (SSSR count). The Morgan fingerprint density at radius 1 is 0.615 bits per heavy atom. The zero-order valence-electron chi connectivity index (χ0n) is 33.6. The van der Waals surface area contributed by atoms with E-state index in [0.717, 1.165) is 30.4 Å². The lowest BCUT2D eigenvalue weighted by Crippen LogP contribution is -2.58. The molecular formula is C46H66O6. The van der Waals surface area contributed by atoms with Crippen molar-refractivity contribution in [2.45, 2.75) is 145 Å². The van der Waals surface area contributed by atoms with Gasteiger partial charge in [-0.15, -0.1) is 0 Å². The van der Waals surface area contributed by atoms with Gasteiger partial charge in [0.15, 0.2) is 6.29 Å². The van der Waals surface area contributed by atoms with Crippen LogP contribution in [0.15, 0.2) is 130 Å². The van der Waals surface area contributed by atoms with Crippen molar-refractivity contribution in [3.8, 4) is 0 Å². The maximum absolute atomic E-state index is 10.4. The molecule has 4 N–H and O–H groups in total. The molecule has 0 saturated carbocycles. The van der Waals surface area contributed by atoms with E-state index in [9.17, 15) is 20.4 Å². The van der Waals surface area contributed by atoms with Crippen molar-refractivity contribution in [1.82, 2.24) is 0 Å². The number of allylic oxidation sites excluding steroid dienone is 20.